The normalized spacial score (nSPS) is 13.4. The van der Waals surface area contributed by atoms with Gasteiger partial charge in [-0.3, -0.25) is 9.48 Å². The van der Waals surface area contributed by atoms with Crippen molar-refractivity contribution in [3.63, 3.8) is 0 Å². The molecule has 0 fully saturated rings. The fourth-order valence-corrected chi connectivity index (χ4v) is 2.51. The summed E-state index contributed by atoms with van der Waals surface area (Å²) in [5.74, 6) is -0.812. The Hall–Kier alpha value is -1.61. The van der Waals surface area contributed by atoms with Crippen molar-refractivity contribution in [1.29, 1.82) is 0 Å². The average Bonchev–Trinajstić information content (AvgIpc) is 2.56. The van der Waals surface area contributed by atoms with Crippen molar-refractivity contribution < 1.29 is 17.9 Å². The number of nitrogens with one attached hydrogen (secondary N) is 1. The highest BCUT2D eigenvalue weighted by molar-refractivity contribution is 7.89. The molecule has 9 heteroatoms. The van der Waals surface area contributed by atoms with Crippen molar-refractivity contribution in [2.45, 2.75) is 17.9 Å². The van der Waals surface area contributed by atoms with Crippen LogP contribution in [0.3, 0.4) is 0 Å². The maximum Gasteiger partial charge on any atom is 0.323 e. The molecule has 0 aliphatic carbocycles. The lowest BCUT2D eigenvalue weighted by atomic mass is 10.4. The fourth-order valence-electron chi connectivity index (χ4n) is 1.21. The highest BCUT2D eigenvalue weighted by Crippen LogP contribution is 2.15. The number of hydrogen-bond donors (Lipinski definition) is 2. The van der Waals surface area contributed by atoms with Gasteiger partial charge in [0.1, 0.15) is 10.9 Å². The minimum Gasteiger partial charge on any atom is -0.468 e. The standard InChI is InChI=1S/C8H14N4O4S/c1-5(8(13)16-3)11-17(14,15)6-4-12(2)10-7(6)9/h4-5,11H,1-3H3,(H2,9,10). The number of carbonyl (C=O) groups excluding carboxylic acids is 1. The zero-order chi connectivity index (χ0) is 13.2. The zero-order valence-electron chi connectivity index (χ0n) is 9.67. The van der Waals surface area contributed by atoms with Gasteiger partial charge in [-0.15, -0.1) is 0 Å². The second-order valence-corrected chi connectivity index (χ2v) is 5.10. The highest BCUT2D eigenvalue weighted by atomic mass is 32.2. The topological polar surface area (TPSA) is 116 Å². The van der Waals surface area contributed by atoms with E-state index in [0.29, 0.717) is 0 Å². The van der Waals surface area contributed by atoms with E-state index in [1.54, 1.807) is 7.05 Å². The van der Waals surface area contributed by atoms with E-state index in [9.17, 15) is 13.2 Å². The molecule has 1 aromatic heterocycles. The number of esters is 1. The number of aryl methyl sites for hydroxylation is 1. The first-order valence-corrected chi connectivity index (χ1v) is 6.15. The molecule has 8 nitrogen and oxygen atoms in total. The van der Waals surface area contributed by atoms with Crippen molar-refractivity contribution in [1.82, 2.24) is 14.5 Å². The Morgan fingerprint density at radius 2 is 2.24 bits per heavy atom. The third-order valence-corrected chi connectivity index (χ3v) is 3.56. The van der Waals surface area contributed by atoms with E-state index in [2.05, 4.69) is 14.6 Å². The Labute approximate surface area is 98.8 Å². The van der Waals surface area contributed by atoms with Crippen LogP contribution >= 0.6 is 0 Å². The summed E-state index contributed by atoms with van der Waals surface area (Å²) >= 11 is 0. The second-order valence-electron chi connectivity index (χ2n) is 3.42. The fraction of sp³-hybridized carbons (Fsp3) is 0.500. The first-order valence-electron chi connectivity index (χ1n) is 4.67. The summed E-state index contributed by atoms with van der Waals surface area (Å²) in [6, 6.07) is -0.996. The van der Waals surface area contributed by atoms with Crippen LogP contribution < -0.4 is 10.5 Å². The molecule has 17 heavy (non-hydrogen) atoms. The molecule has 0 amide bonds. The summed E-state index contributed by atoms with van der Waals surface area (Å²) in [5, 5.41) is 3.71. The SMILES string of the molecule is COC(=O)C(C)NS(=O)(=O)c1cn(C)nc1N. The van der Waals surface area contributed by atoms with Crippen LogP contribution in [0.25, 0.3) is 0 Å². The van der Waals surface area contributed by atoms with E-state index in [1.807, 2.05) is 0 Å². The maximum atomic E-state index is 11.8. The highest BCUT2D eigenvalue weighted by Gasteiger charge is 2.25. The molecule has 0 bridgehead atoms. The number of rotatable bonds is 4. The van der Waals surface area contributed by atoms with Crippen LogP contribution in [0.5, 0.6) is 0 Å². The van der Waals surface area contributed by atoms with E-state index in [0.717, 1.165) is 0 Å². The smallest absolute Gasteiger partial charge is 0.323 e. The van der Waals surface area contributed by atoms with Gasteiger partial charge < -0.3 is 10.5 Å². The molecule has 96 valence electrons. The Kier molecular flexibility index (Phi) is 3.73. The van der Waals surface area contributed by atoms with E-state index in [-0.39, 0.29) is 10.7 Å². The summed E-state index contributed by atoms with van der Waals surface area (Å²) in [4.78, 5) is 10.9. The van der Waals surface area contributed by atoms with Crippen LogP contribution in [0.2, 0.25) is 0 Å². The molecule has 0 aromatic carbocycles. The molecule has 1 aromatic rings. The van der Waals surface area contributed by atoms with E-state index >= 15 is 0 Å². The Bertz CT molecular complexity index is 522. The van der Waals surface area contributed by atoms with Crippen molar-refractivity contribution in [2.75, 3.05) is 12.8 Å². The summed E-state index contributed by atoms with van der Waals surface area (Å²) in [6.07, 6.45) is 1.25. The van der Waals surface area contributed by atoms with E-state index in [4.69, 9.17) is 5.73 Å². The van der Waals surface area contributed by atoms with Gasteiger partial charge in [-0.1, -0.05) is 0 Å². The second kappa shape index (κ2) is 4.72. The summed E-state index contributed by atoms with van der Waals surface area (Å²) in [6.45, 7) is 1.37. The van der Waals surface area contributed by atoms with Gasteiger partial charge >= 0.3 is 5.97 Å². The van der Waals surface area contributed by atoms with Crippen molar-refractivity contribution in [3.05, 3.63) is 6.20 Å². The third kappa shape index (κ3) is 2.94. The molecule has 3 N–H and O–H groups in total. The van der Waals surface area contributed by atoms with Gasteiger partial charge in [-0.2, -0.15) is 9.82 Å². The molecule has 1 unspecified atom stereocenters. The van der Waals surface area contributed by atoms with Crippen LogP contribution in [0.15, 0.2) is 11.1 Å². The van der Waals surface area contributed by atoms with Gasteiger partial charge in [0.05, 0.1) is 7.11 Å². The minimum absolute atomic E-state index is 0.128. The summed E-state index contributed by atoms with van der Waals surface area (Å²) < 4.78 is 31.5. The number of ether oxygens (including phenoxy) is 1. The molecular formula is C8H14N4O4S. The number of nitrogens with two attached hydrogens (primary N) is 1. The molecule has 0 spiro atoms. The lowest BCUT2D eigenvalue weighted by Gasteiger charge is -2.11. The predicted octanol–water partition coefficient (Wildman–Crippen LogP) is -1.16. The minimum atomic E-state index is -3.88. The van der Waals surface area contributed by atoms with E-state index in [1.165, 1.54) is 24.9 Å². The third-order valence-electron chi connectivity index (χ3n) is 2.00. The molecule has 1 heterocycles. The molecule has 0 radical (unpaired) electrons. The predicted molar refractivity (Wildman–Crippen MR) is 59.4 cm³/mol. The summed E-state index contributed by atoms with van der Waals surface area (Å²) in [5.41, 5.74) is 5.44. The van der Waals surface area contributed by atoms with Crippen LogP contribution in [0.4, 0.5) is 5.82 Å². The maximum absolute atomic E-state index is 11.8. The van der Waals surface area contributed by atoms with Gasteiger partial charge in [0.2, 0.25) is 10.0 Å². The summed E-state index contributed by atoms with van der Waals surface area (Å²) in [7, 11) is -1.17. The van der Waals surface area contributed by atoms with Gasteiger partial charge in [0, 0.05) is 13.2 Å². The number of sulfonamides is 1. The lowest BCUT2D eigenvalue weighted by Crippen LogP contribution is -2.39. The van der Waals surface area contributed by atoms with E-state index < -0.39 is 22.0 Å². The van der Waals surface area contributed by atoms with Gasteiger partial charge in [-0.05, 0) is 6.92 Å². The Balaban J connectivity index is 2.97. The molecule has 0 aliphatic heterocycles. The monoisotopic (exact) mass is 262 g/mol. The molecular weight excluding hydrogens is 248 g/mol. The molecule has 1 atom stereocenters. The van der Waals surface area contributed by atoms with Crippen molar-refractivity contribution in [2.24, 2.45) is 7.05 Å². The van der Waals surface area contributed by atoms with Crippen LogP contribution in [0.1, 0.15) is 6.92 Å². The number of nitrogen functional groups attached to an aromatic ring is 1. The first-order chi connectivity index (χ1) is 7.77. The number of aromatic nitrogens is 2. The van der Waals surface area contributed by atoms with Crippen LogP contribution in [-0.4, -0.2) is 37.3 Å². The Morgan fingerprint density at radius 1 is 1.65 bits per heavy atom. The van der Waals surface area contributed by atoms with Gasteiger partial charge in [0.25, 0.3) is 0 Å². The van der Waals surface area contributed by atoms with Crippen LogP contribution in [0, 0.1) is 0 Å². The van der Waals surface area contributed by atoms with Crippen molar-refractivity contribution >= 4 is 21.8 Å². The molecule has 0 saturated carbocycles. The zero-order valence-corrected chi connectivity index (χ0v) is 10.5. The number of carbonyl (C=O) groups is 1. The number of hydrogen-bond acceptors (Lipinski definition) is 6. The number of methoxy groups -OCH3 is 1. The number of anilines is 1. The largest absolute Gasteiger partial charge is 0.468 e. The number of nitrogens with zero attached hydrogens (tertiary/aromatic N) is 2. The average molecular weight is 262 g/mol. The molecule has 0 saturated heterocycles. The molecule has 0 aliphatic rings. The van der Waals surface area contributed by atoms with Gasteiger partial charge in [-0.25, -0.2) is 8.42 Å². The Morgan fingerprint density at radius 3 is 2.65 bits per heavy atom. The quantitative estimate of drug-likeness (QED) is 0.661. The van der Waals surface area contributed by atoms with Gasteiger partial charge in [0.15, 0.2) is 5.82 Å². The lowest BCUT2D eigenvalue weighted by molar-refractivity contribution is -0.142. The molecule has 1 rings (SSSR count). The van der Waals surface area contributed by atoms with Crippen LogP contribution in [-0.2, 0) is 26.6 Å². The van der Waals surface area contributed by atoms with Crippen molar-refractivity contribution in [3.8, 4) is 0 Å². The first kappa shape index (κ1) is 13.5.